The number of amides is 1. The molecule has 1 unspecified atom stereocenters. The molecule has 3 aromatic rings. The lowest BCUT2D eigenvalue weighted by Crippen LogP contribution is -2.48. The maximum absolute atomic E-state index is 12.6. The van der Waals surface area contributed by atoms with Crippen LogP contribution >= 0.6 is 23.2 Å². The van der Waals surface area contributed by atoms with Crippen LogP contribution in [0.2, 0.25) is 10.0 Å². The van der Waals surface area contributed by atoms with Crippen molar-refractivity contribution in [1.82, 2.24) is 24.8 Å². The molecule has 0 radical (unpaired) electrons. The fourth-order valence-electron chi connectivity index (χ4n) is 3.99. The van der Waals surface area contributed by atoms with E-state index in [9.17, 15) is 23.1 Å². The minimum atomic E-state index is -4.09. The number of carbonyl (C=O) groups excluding carboxylic acids is 1. The van der Waals surface area contributed by atoms with Crippen LogP contribution in [0.3, 0.4) is 0 Å². The topological polar surface area (TPSA) is 155 Å². The first-order valence-electron chi connectivity index (χ1n) is 11.8. The standard InChI is InChI=1S/C24H26Cl2N6O5S/c25-18-8-15(9-19(26)10-18)14-38(36,37)31-21(24(34)35)12-28-23(33)17-11-29-32(13-17)7-5-20-4-3-16-2-1-6-27-22(16)30-20/h3-4,8-11,13,21,31H,1-2,5-7,12,14H2,(H,27,30)(H,28,33)(H,34,35). The summed E-state index contributed by atoms with van der Waals surface area (Å²) in [7, 11) is -4.09. The van der Waals surface area contributed by atoms with E-state index >= 15 is 0 Å². The van der Waals surface area contributed by atoms with Gasteiger partial charge in [0.25, 0.3) is 5.91 Å². The number of anilines is 1. The predicted molar refractivity (Wildman–Crippen MR) is 143 cm³/mol. The molecule has 3 heterocycles. The van der Waals surface area contributed by atoms with E-state index < -0.39 is 40.2 Å². The van der Waals surface area contributed by atoms with Gasteiger partial charge in [-0.2, -0.15) is 9.82 Å². The summed E-state index contributed by atoms with van der Waals surface area (Å²) < 4.78 is 28.7. The summed E-state index contributed by atoms with van der Waals surface area (Å²) in [5.74, 6) is -1.65. The first-order valence-corrected chi connectivity index (χ1v) is 14.2. The van der Waals surface area contributed by atoms with Gasteiger partial charge >= 0.3 is 5.97 Å². The molecule has 0 fully saturated rings. The average molecular weight is 581 g/mol. The van der Waals surface area contributed by atoms with Gasteiger partial charge in [-0.1, -0.05) is 29.3 Å². The smallest absolute Gasteiger partial charge is 0.323 e. The Labute approximate surface area is 229 Å². The zero-order valence-electron chi connectivity index (χ0n) is 20.2. The summed E-state index contributed by atoms with van der Waals surface area (Å²) in [5, 5.41) is 19.9. The molecule has 4 N–H and O–H groups in total. The minimum Gasteiger partial charge on any atom is -0.480 e. The van der Waals surface area contributed by atoms with E-state index in [0.29, 0.717) is 13.0 Å². The highest BCUT2D eigenvalue weighted by Crippen LogP contribution is 2.21. The van der Waals surface area contributed by atoms with Crippen LogP contribution in [0.4, 0.5) is 5.82 Å². The van der Waals surface area contributed by atoms with Crippen molar-refractivity contribution < 1.29 is 23.1 Å². The normalized spacial score (nSPS) is 13.8. The summed E-state index contributed by atoms with van der Waals surface area (Å²) in [5.41, 5.74) is 2.60. The Balaban J connectivity index is 1.30. The number of fused-ring (bicyclic) bond motifs is 1. The number of aromatic nitrogens is 3. The van der Waals surface area contributed by atoms with Gasteiger partial charge in [-0.05, 0) is 48.2 Å². The number of carboxylic acid groups (broad SMARTS) is 1. The van der Waals surface area contributed by atoms with Crippen molar-refractivity contribution >= 4 is 50.9 Å². The van der Waals surface area contributed by atoms with E-state index in [1.807, 2.05) is 6.07 Å². The summed E-state index contributed by atoms with van der Waals surface area (Å²) >= 11 is 11.8. The molecule has 1 aliphatic heterocycles. The maximum Gasteiger partial charge on any atom is 0.323 e. The molecular formula is C24H26Cl2N6O5S. The van der Waals surface area contributed by atoms with Crippen molar-refractivity contribution in [2.45, 2.75) is 37.6 Å². The number of pyridine rings is 1. The highest BCUT2D eigenvalue weighted by Gasteiger charge is 2.25. The van der Waals surface area contributed by atoms with Gasteiger partial charge in [-0.3, -0.25) is 14.3 Å². The number of aryl methyl sites for hydroxylation is 3. The Hall–Kier alpha value is -3.19. The molecule has 1 amide bonds. The molecule has 0 saturated heterocycles. The maximum atomic E-state index is 12.6. The molecule has 1 aromatic carbocycles. The number of carbonyl (C=O) groups is 2. The Morgan fingerprint density at radius 2 is 1.95 bits per heavy atom. The Morgan fingerprint density at radius 1 is 1.18 bits per heavy atom. The molecule has 38 heavy (non-hydrogen) atoms. The molecule has 4 rings (SSSR count). The largest absolute Gasteiger partial charge is 0.480 e. The lowest BCUT2D eigenvalue weighted by Gasteiger charge is -2.17. The summed E-state index contributed by atoms with van der Waals surface area (Å²) in [6, 6.07) is 6.76. The zero-order chi connectivity index (χ0) is 27.3. The van der Waals surface area contributed by atoms with Crippen LogP contribution in [0.25, 0.3) is 0 Å². The molecule has 14 heteroatoms. The number of aliphatic carboxylic acids is 1. The van der Waals surface area contributed by atoms with Gasteiger partial charge in [0.1, 0.15) is 11.9 Å². The van der Waals surface area contributed by atoms with E-state index in [2.05, 4.69) is 31.5 Å². The molecular weight excluding hydrogens is 555 g/mol. The number of carboxylic acids is 1. The monoisotopic (exact) mass is 580 g/mol. The molecule has 2 aromatic heterocycles. The zero-order valence-corrected chi connectivity index (χ0v) is 22.5. The highest BCUT2D eigenvalue weighted by atomic mass is 35.5. The van der Waals surface area contributed by atoms with Crippen molar-refractivity contribution in [1.29, 1.82) is 0 Å². The number of nitrogens with one attached hydrogen (secondary N) is 3. The first-order chi connectivity index (χ1) is 18.1. The number of sulfonamides is 1. The summed E-state index contributed by atoms with van der Waals surface area (Å²) in [6.45, 7) is 0.924. The lowest BCUT2D eigenvalue weighted by atomic mass is 10.1. The van der Waals surface area contributed by atoms with E-state index in [1.165, 1.54) is 36.2 Å². The van der Waals surface area contributed by atoms with Crippen LogP contribution < -0.4 is 15.4 Å². The van der Waals surface area contributed by atoms with E-state index in [1.54, 1.807) is 4.68 Å². The van der Waals surface area contributed by atoms with Crippen LogP contribution in [-0.2, 0) is 40.0 Å². The fourth-order valence-corrected chi connectivity index (χ4v) is 5.87. The second-order valence-electron chi connectivity index (χ2n) is 8.84. The lowest BCUT2D eigenvalue weighted by molar-refractivity contribution is -0.138. The van der Waals surface area contributed by atoms with E-state index in [4.69, 9.17) is 23.2 Å². The number of hydrogen-bond acceptors (Lipinski definition) is 7. The van der Waals surface area contributed by atoms with Gasteiger partial charge < -0.3 is 15.7 Å². The number of halogens is 2. The van der Waals surface area contributed by atoms with Gasteiger partial charge in [0.15, 0.2) is 0 Å². The first kappa shape index (κ1) is 27.8. The molecule has 202 valence electrons. The number of rotatable bonds is 11. The number of hydrogen-bond donors (Lipinski definition) is 4. The van der Waals surface area contributed by atoms with Crippen LogP contribution in [0.15, 0.2) is 42.7 Å². The van der Waals surface area contributed by atoms with Crippen molar-refractivity contribution in [3.8, 4) is 0 Å². The minimum absolute atomic E-state index is 0.214. The third-order valence-corrected chi connectivity index (χ3v) is 7.60. The van der Waals surface area contributed by atoms with Gasteiger partial charge in [0.05, 0.1) is 17.5 Å². The number of nitrogens with zero attached hydrogens (tertiary/aromatic N) is 3. The third-order valence-electron chi connectivity index (χ3n) is 5.81. The molecule has 0 saturated carbocycles. The predicted octanol–water partition coefficient (Wildman–Crippen LogP) is 2.49. The Bertz CT molecular complexity index is 1430. The highest BCUT2D eigenvalue weighted by molar-refractivity contribution is 7.88. The van der Waals surface area contributed by atoms with Crippen LogP contribution in [0.5, 0.6) is 0 Å². The molecule has 11 nitrogen and oxygen atoms in total. The molecule has 0 aliphatic carbocycles. The molecule has 0 spiro atoms. The van der Waals surface area contributed by atoms with Crippen molar-refractivity contribution in [3.05, 3.63) is 75.2 Å². The average Bonchev–Trinajstić information content (AvgIpc) is 3.33. The number of benzene rings is 1. The second-order valence-corrected chi connectivity index (χ2v) is 11.5. The quantitative estimate of drug-likeness (QED) is 0.269. The molecule has 1 atom stereocenters. The Morgan fingerprint density at radius 3 is 2.68 bits per heavy atom. The van der Waals surface area contributed by atoms with Gasteiger partial charge in [-0.25, -0.2) is 13.4 Å². The molecule has 0 bridgehead atoms. The SMILES string of the molecule is O=C(NCC(NS(=O)(=O)Cc1cc(Cl)cc(Cl)c1)C(=O)O)c1cnn(CCc2ccc3c(n2)NCCC3)c1. The van der Waals surface area contributed by atoms with Crippen LogP contribution in [-0.4, -0.2) is 59.3 Å². The van der Waals surface area contributed by atoms with Crippen LogP contribution in [0, 0.1) is 0 Å². The fraction of sp³-hybridized carbons (Fsp3) is 0.333. The van der Waals surface area contributed by atoms with Crippen molar-refractivity contribution in [2.24, 2.45) is 0 Å². The molecule has 1 aliphatic rings. The van der Waals surface area contributed by atoms with E-state index in [0.717, 1.165) is 30.9 Å². The Kier molecular flexibility index (Phi) is 8.87. The summed E-state index contributed by atoms with van der Waals surface area (Å²) in [6.07, 6.45) is 5.60. The van der Waals surface area contributed by atoms with Crippen molar-refractivity contribution in [2.75, 3.05) is 18.4 Å². The van der Waals surface area contributed by atoms with E-state index in [-0.39, 0.29) is 21.2 Å². The van der Waals surface area contributed by atoms with Gasteiger partial charge in [-0.15, -0.1) is 0 Å². The van der Waals surface area contributed by atoms with Gasteiger partial charge in [0.2, 0.25) is 10.0 Å². The van der Waals surface area contributed by atoms with Crippen molar-refractivity contribution in [3.63, 3.8) is 0 Å². The third kappa shape index (κ3) is 7.67. The summed E-state index contributed by atoms with van der Waals surface area (Å²) in [4.78, 5) is 28.9. The van der Waals surface area contributed by atoms with Gasteiger partial charge in [0, 0.05) is 48.0 Å². The second kappa shape index (κ2) is 12.1. The van der Waals surface area contributed by atoms with Crippen LogP contribution in [0.1, 0.15) is 33.6 Å².